The number of carbonyl (C=O) groups is 1. The van der Waals surface area contributed by atoms with Crippen LogP contribution in [-0.2, 0) is 22.1 Å². The Bertz CT molecular complexity index is 1410. The number of aryl methyl sites for hydroxylation is 1. The summed E-state index contributed by atoms with van der Waals surface area (Å²) in [4.78, 5) is 28.9. The first-order valence-corrected chi connectivity index (χ1v) is 16.1. The molecular weight excluding hydrogens is 613 g/mol. The molecule has 4 heterocycles. The van der Waals surface area contributed by atoms with Crippen molar-refractivity contribution in [3.8, 4) is 10.6 Å². The van der Waals surface area contributed by atoms with Crippen LogP contribution in [0.3, 0.4) is 0 Å². The number of ether oxygens (including phenoxy) is 2. The highest BCUT2D eigenvalue weighted by Gasteiger charge is 2.37. The summed E-state index contributed by atoms with van der Waals surface area (Å²) in [5.74, 6) is 0.557. The Hall–Kier alpha value is -2.91. The van der Waals surface area contributed by atoms with Gasteiger partial charge in [-0.05, 0) is 36.2 Å². The number of nitrogens with one attached hydrogen (secondary N) is 1. The van der Waals surface area contributed by atoms with Gasteiger partial charge in [-0.15, -0.1) is 23.1 Å². The van der Waals surface area contributed by atoms with E-state index in [1.54, 1.807) is 39.3 Å². The lowest BCUT2D eigenvalue weighted by Gasteiger charge is -2.36. The maximum absolute atomic E-state index is 14.0. The molecule has 3 aromatic rings. The number of fused-ring (bicyclic) bond motifs is 1. The molecule has 44 heavy (non-hydrogen) atoms. The van der Waals surface area contributed by atoms with Crippen LogP contribution in [0.1, 0.15) is 27.7 Å². The molecule has 0 atom stereocenters. The smallest absolute Gasteiger partial charge is 0.388 e. The van der Waals surface area contributed by atoms with Crippen molar-refractivity contribution in [1.82, 2.24) is 19.8 Å². The van der Waals surface area contributed by atoms with Crippen LogP contribution in [0, 0.1) is 0 Å². The second-order valence-electron chi connectivity index (χ2n) is 10.4. The zero-order valence-corrected chi connectivity index (χ0v) is 27.3. The van der Waals surface area contributed by atoms with Crippen molar-refractivity contribution >= 4 is 46.3 Å². The van der Waals surface area contributed by atoms with Crippen LogP contribution in [0.15, 0.2) is 35.4 Å². The second-order valence-corrected chi connectivity index (χ2v) is 12.6. The highest BCUT2D eigenvalue weighted by Crippen LogP contribution is 2.43. The van der Waals surface area contributed by atoms with Gasteiger partial charge in [-0.3, -0.25) is 9.69 Å². The first-order chi connectivity index (χ1) is 21.1. The molecule has 0 aliphatic carbocycles. The first kappa shape index (κ1) is 34.0. The predicted octanol–water partition coefficient (Wildman–Crippen LogP) is 5.74. The van der Waals surface area contributed by atoms with E-state index in [0.29, 0.717) is 26.9 Å². The number of aromatic nitrogens is 2. The van der Waals surface area contributed by atoms with Crippen molar-refractivity contribution in [2.45, 2.75) is 24.4 Å². The van der Waals surface area contributed by atoms with E-state index >= 15 is 0 Å². The molecule has 1 N–H and O–H groups in total. The maximum Gasteiger partial charge on any atom is 0.420 e. The summed E-state index contributed by atoms with van der Waals surface area (Å²) < 4.78 is 51.5. The Labute approximate surface area is 264 Å². The highest BCUT2D eigenvalue weighted by atomic mass is 32.2. The normalized spacial score (nSPS) is 15.9. The van der Waals surface area contributed by atoms with Gasteiger partial charge in [0.05, 0.1) is 17.2 Å². The van der Waals surface area contributed by atoms with Crippen LogP contribution in [0.4, 0.5) is 30.5 Å². The summed E-state index contributed by atoms with van der Waals surface area (Å²) in [6.45, 7) is 7.99. The summed E-state index contributed by atoms with van der Waals surface area (Å²) in [6.07, 6.45) is -3.10. The third kappa shape index (κ3) is 8.21. The number of alkyl halides is 3. The topological polar surface area (TPSA) is 83.1 Å². The molecular formula is C30H39F3N6O3S2. The number of hydrogen-bond donors (Lipinski definition) is 1. The van der Waals surface area contributed by atoms with Gasteiger partial charge in [0.25, 0.3) is 5.91 Å². The van der Waals surface area contributed by atoms with Crippen molar-refractivity contribution in [3.05, 3.63) is 46.5 Å². The van der Waals surface area contributed by atoms with Gasteiger partial charge < -0.3 is 24.6 Å². The van der Waals surface area contributed by atoms with Crippen LogP contribution in [-0.4, -0.2) is 106 Å². The molecule has 14 heteroatoms. The fourth-order valence-corrected chi connectivity index (χ4v) is 7.35. The average molecular weight is 653 g/mol. The van der Waals surface area contributed by atoms with Gasteiger partial charge in [0.2, 0.25) is 5.95 Å². The molecule has 2 aliphatic rings. The van der Waals surface area contributed by atoms with Gasteiger partial charge >= 0.3 is 6.18 Å². The number of halogens is 3. The number of amides is 1. The van der Waals surface area contributed by atoms with E-state index in [2.05, 4.69) is 35.9 Å². The molecule has 0 spiro atoms. The highest BCUT2D eigenvalue weighted by molar-refractivity contribution is 7.99. The minimum atomic E-state index is -4.65. The lowest BCUT2D eigenvalue weighted by atomic mass is 10.1. The fraction of sp³-hybridized carbons (Fsp3) is 0.500. The van der Waals surface area contributed by atoms with Gasteiger partial charge in [-0.25, -0.2) is 9.97 Å². The summed E-state index contributed by atoms with van der Waals surface area (Å²) in [6, 6.07) is 7.72. The number of benzene rings is 1. The third-order valence-corrected chi connectivity index (χ3v) is 9.59. The van der Waals surface area contributed by atoms with E-state index in [4.69, 9.17) is 4.74 Å². The molecule has 9 nitrogen and oxygen atoms in total. The number of nitrogens with zero attached hydrogens (tertiary/aromatic N) is 5. The van der Waals surface area contributed by atoms with Gasteiger partial charge in [0.1, 0.15) is 10.4 Å². The molecule has 1 saturated heterocycles. The Morgan fingerprint density at radius 2 is 1.80 bits per heavy atom. The lowest BCUT2D eigenvalue weighted by Crippen LogP contribution is -2.47. The Kier molecular flexibility index (Phi) is 11.9. The Morgan fingerprint density at radius 3 is 2.45 bits per heavy atom. The minimum absolute atomic E-state index is 0.0712. The van der Waals surface area contributed by atoms with Gasteiger partial charge in [-0.1, -0.05) is 6.92 Å². The molecule has 0 bridgehead atoms. The zero-order chi connectivity index (χ0) is 31.9. The van der Waals surface area contributed by atoms with Crippen LogP contribution >= 0.6 is 23.1 Å². The molecule has 0 saturated carbocycles. The van der Waals surface area contributed by atoms with Crippen LogP contribution in [0.2, 0.25) is 0 Å². The first-order valence-electron chi connectivity index (χ1n) is 14.3. The molecule has 2 aliphatic heterocycles. The molecule has 0 unspecified atom stereocenters. The van der Waals surface area contributed by atoms with Crippen molar-refractivity contribution in [1.29, 1.82) is 0 Å². The Balaban J connectivity index is 0.00000141. The predicted molar refractivity (Wildman–Crippen MR) is 171 cm³/mol. The third-order valence-electron chi connectivity index (χ3n) is 7.32. The van der Waals surface area contributed by atoms with E-state index in [1.165, 1.54) is 11.8 Å². The SMILES string of the molecule is CCc1cc(N2CCN(CCOC)CC2)ccc1Nc1ncc(C(F)(F)F)c(-c2cc3c(s2)C(=O)N(C)CCS3)n1.COC. The quantitative estimate of drug-likeness (QED) is 0.328. The molecule has 240 valence electrons. The average Bonchev–Trinajstić information content (AvgIpc) is 3.38. The monoisotopic (exact) mass is 652 g/mol. The van der Waals surface area contributed by atoms with Crippen molar-refractivity contribution in [3.63, 3.8) is 0 Å². The Morgan fingerprint density at radius 1 is 1.07 bits per heavy atom. The zero-order valence-electron chi connectivity index (χ0n) is 25.7. The van der Waals surface area contributed by atoms with Crippen LogP contribution in [0.5, 0.6) is 0 Å². The largest absolute Gasteiger partial charge is 0.420 e. The maximum atomic E-state index is 14.0. The van der Waals surface area contributed by atoms with Crippen LogP contribution < -0.4 is 10.2 Å². The van der Waals surface area contributed by atoms with Gasteiger partial charge in [0, 0.05) is 95.9 Å². The standard InChI is InChI=1S/C28H33F3N6O2S2.C2H6O/c1-4-18-15-19(37-9-7-36(8-10-37)11-13-39-3)5-6-21(18)33-27-32-17-20(28(29,30)31)24(34-27)22-16-23-25(41-22)26(38)35(2)12-14-40-23;1-3-2/h5-6,15-17H,4,7-14H2,1-3H3,(H,32,33,34);1-2H3. The van der Waals surface area contributed by atoms with Crippen molar-refractivity contribution in [2.75, 3.05) is 90.2 Å². The number of anilines is 3. The summed E-state index contributed by atoms with van der Waals surface area (Å²) in [7, 11) is 6.66. The molecule has 1 fully saturated rings. The van der Waals surface area contributed by atoms with E-state index in [0.717, 1.165) is 80.2 Å². The van der Waals surface area contributed by atoms with E-state index < -0.39 is 11.7 Å². The lowest BCUT2D eigenvalue weighted by molar-refractivity contribution is -0.137. The minimum Gasteiger partial charge on any atom is -0.388 e. The number of carbonyl (C=O) groups excluding carboxylic acids is 1. The summed E-state index contributed by atoms with van der Waals surface area (Å²) >= 11 is 2.51. The molecule has 1 aromatic carbocycles. The molecule has 5 rings (SSSR count). The van der Waals surface area contributed by atoms with Gasteiger partial charge in [0.15, 0.2) is 0 Å². The van der Waals surface area contributed by atoms with E-state index in [-0.39, 0.29) is 17.5 Å². The number of rotatable bonds is 8. The summed E-state index contributed by atoms with van der Waals surface area (Å²) in [5, 5.41) is 3.15. The summed E-state index contributed by atoms with van der Waals surface area (Å²) in [5.41, 5.74) is 1.71. The number of hydrogen-bond acceptors (Lipinski definition) is 10. The van der Waals surface area contributed by atoms with E-state index in [9.17, 15) is 18.0 Å². The van der Waals surface area contributed by atoms with Crippen molar-refractivity contribution in [2.24, 2.45) is 0 Å². The van der Waals surface area contributed by atoms with Gasteiger partial charge in [-0.2, -0.15) is 13.2 Å². The fourth-order valence-electron chi connectivity index (χ4n) is 4.91. The number of thiophene rings is 1. The van der Waals surface area contributed by atoms with E-state index in [1.807, 2.05) is 19.1 Å². The molecule has 0 radical (unpaired) electrons. The van der Waals surface area contributed by atoms with Crippen LogP contribution in [0.25, 0.3) is 10.6 Å². The number of thioether (sulfide) groups is 1. The molecule has 1 amide bonds. The molecule has 2 aromatic heterocycles. The second kappa shape index (κ2) is 15.4. The van der Waals surface area contributed by atoms with Crippen molar-refractivity contribution < 1.29 is 27.4 Å². The number of methoxy groups -OCH3 is 2. The number of piperazine rings is 1.